The molecule has 1 aromatic carbocycles. The number of nitrogens with one attached hydrogen (secondary N) is 1. The number of imidazole rings is 1. The highest BCUT2D eigenvalue weighted by molar-refractivity contribution is 9.10. The Labute approximate surface area is 125 Å². The van der Waals surface area contributed by atoms with Crippen LogP contribution in [0.5, 0.6) is 0 Å². The van der Waals surface area contributed by atoms with Gasteiger partial charge in [-0.2, -0.15) is 0 Å². The van der Waals surface area contributed by atoms with Gasteiger partial charge in [0.05, 0.1) is 35.9 Å². The Morgan fingerprint density at radius 2 is 2.32 bits per heavy atom. The van der Waals surface area contributed by atoms with Crippen molar-refractivity contribution >= 4 is 33.2 Å². The highest BCUT2D eigenvalue weighted by Gasteiger charge is 2.14. The molecule has 0 amide bonds. The maximum Gasteiger partial charge on any atom is 0.0948 e. The minimum Gasteiger partial charge on any atom is -0.394 e. The van der Waals surface area contributed by atoms with Crippen molar-refractivity contribution < 1.29 is 5.11 Å². The molecule has 102 valence electrons. The molecule has 19 heavy (non-hydrogen) atoms. The van der Waals surface area contributed by atoms with Crippen LogP contribution in [0.25, 0.3) is 0 Å². The third-order valence-electron chi connectivity index (χ3n) is 2.89. The van der Waals surface area contributed by atoms with E-state index in [0.29, 0.717) is 5.02 Å². The van der Waals surface area contributed by atoms with E-state index in [1.165, 1.54) is 0 Å². The molecule has 1 aromatic heterocycles. The zero-order valence-corrected chi connectivity index (χ0v) is 12.8. The maximum absolute atomic E-state index is 9.56. The van der Waals surface area contributed by atoms with E-state index in [9.17, 15) is 5.11 Å². The number of rotatable bonds is 5. The third-order valence-corrected chi connectivity index (χ3v) is 4.10. The number of aryl methyl sites for hydroxylation is 1. The first-order valence-electron chi connectivity index (χ1n) is 5.98. The van der Waals surface area contributed by atoms with Gasteiger partial charge in [0.2, 0.25) is 0 Å². The van der Waals surface area contributed by atoms with Gasteiger partial charge >= 0.3 is 0 Å². The van der Waals surface area contributed by atoms with Gasteiger partial charge < -0.3 is 15.0 Å². The predicted molar refractivity (Wildman–Crippen MR) is 80.5 cm³/mol. The van der Waals surface area contributed by atoms with E-state index >= 15 is 0 Å². The number of aromatic nitrogens is 2. The minimum atomic E-state index is -0.199. The summed E-state index contributed by atoms with van der Waals surface area (Å²) in [6, 6.07) is 5.37. The molecule has 4 nitrogen and oxygen atoms in total. The fourth-order valence-electron chi connectivity index (χ4n) is 1.89. The zero-order valence-electron chi connectivity index (χ0n) is 10.5. The average Bonchev–Trinajstić information content (AvgIpc) is 2.88. The Morgan fingerprint density at radius 1 is 1.53 bits per heavy atom. The first-order valence-corrected chi connectivity index (χ1v) is 7.15. The van der Waals surface area contributed by atoms with Crippen LogP contribution >= 0.6 is 27.5 Å². The lowest BCUT2D eigenvalue weighted by Crippen LogP contribution is -2.18. The summed E-state index contributed by atoms with van der Waals surface area (Å²) < 4.78 is 2.82. The highest BCUT2D eigenvalue weighted by atomic mass is 79.9. The molecule has 0 spiro atoms. The monoisotopic (exact) mass is 343 g/mol. The number of aliphatic hydroxyl groups excluding tert-OH is 1. The van der Waals surface area contributed by atoms with Gasteiger partial charge in [-0.05, 0) is 41.1 Å². The second-order valence-electron chi connectivity index (χ2n) is 4.11. The second-order valence-corrected chi connectivity index (χ2v) is 5.37. The Bertz CT molecular complexity index is 559. The summed E-state index contributed by atoms with van der Waals surface area (Å²) in [5.74, 6) is 0. The third kappa shape index (κ3) is 3.29. The number of halogens is 2. The van der Waals surface area contributed by atoms with Crippen LogP contribution in [-0.4, -0.2) is 21.3 Å². The normalized spacial score (nSPS) is 12.4. The van der Waals surface area contributed by atoms with E-state index in [2.05, 4.69) is 26.2 Å². The maximum atomic E-state index is 9.56. The molecule has 1 heterocycles. The van der Waals surface area contributed by atoms with Crippen molar-refractivity contribution in [2.24, 2.45) is 0 Å². The lowest BCUT2D eigenvalue weighted by molar-refractivity contribution is 0.272. The molecule has 6 heteroatoms. The molecule has 2 N–H and O–H groups in total. The molecule has 2 aromatic rings. The molecule has 0 fully saturated rings. The fourth-order valence-corrected chi connectivity index (χ4v) is 2.38. The van der Waals surface area contributed by atoms with E-state index < -0.39 is 0 Å². The Kier molecular flexibility index (Phi) is 4.85. The first-order chi connectivity index (χ1) is 9.15. The smallest absolute Gasteiger partial charge is 0.0948 e. The van der Waals surface area contributed by atoms with Crippen LogP contribution in [0.15, 0.2) is 35.2 Å². The Morgan fingerprint density at radius 3 is 2.95 bits per heavy atom. The Hall–Kier alpha value is -1.04. The van der Waals surface area contributed by atoms with Crippen molar-refractivity contribution in [2.75, 3.05) is 11.9 Å². The lowest BCUT2D eigenvalue weighted by Gasteiger charge is -2.19. The summed E-state index contributed by atoms with van der Waals surface area (Å²) in [5.41, 5.74) is 1.84. The number of anilines is 1. The molecule has 0 saturated heterocycles. The van der Waals surface area contributed by atoms with E-state index in [1.54, 1.807) is 18.6 Å². The largest absolute Gasteiger partial charge is 0.394 e. The standard InChI is InChI=1S/C13H15BrClN3O/c1-2-18-8-16-6-13(18)12(7-19)17-9-3-4-11(15)10(14)5-9/h3-6,8,12,17,19H,2,7H2,1H3. The van der Waals surface area contributed by atoms with Crippen LogP contribution < -0.4 is 5.32 Å². The molecule has 0 aliphatic heterocycles. The van der Waals surface area contributed by atoms with Crippen LogP contribution in [0, 0.1) is 0 Å². The van der Waals surface area contributed by atoms with Gasteiger partial charge in [0.1, 0.15) is 0 Å². The quantitative estimate of drug-likeness (QED) is 0.873. The van der Waals surface area contributed by atoms with Crippen molar-refractivity contribution in [3.05, 3.63) is 45.9 Å². The van der Waals surface area contributed by atoms with Gasteiger partial charge in [-0.1, -0.05) is 11.6 Å². The molecule has 0 bridgehead atoms. The van der Waals surface area contributed by atoms with Crippen LogP contribution in [0.4, 0.5) is 5.69 Å². The van der Waals surface area contributed by atoms with E-state index in [0.717, 1.165) is 22.4 Å². The summed E-state index contributed by atoms with van der Waals surface area (Å²) >= 11 is 9.34. The van der Waals surface area contributed by atoms with Gasteiger partial charge in [-0.25, -0.2) is 4.98 Å². The molecule has 0 aliphatic carbocycles. The topological polar surface area (TPSA) is 50.1 Å². The van der Waals surface area contributed by atoms with Crippen molar-refractivity contribution in [3.63, 3.8) is 0 Å². The van der Waals surface area contributed by atoms with Crippen molar-refractivity contribution in [1.82, 2.24) is 9.55 Å². The summed E-state index contributed by atoms with van der Waals surface area (Å²) in [7, 11) is 0. The van der Waals surface area contributed by atoms with E-state index in [-0.39, 0.29) is 12.6 Å². The van der Waals surface area contributed by atoms with Gasteiger partial charge in [-0.3, -0.25) is 0 Å². The van der Waals surface area contributed by atoms with Crippen LogP contribution in [-0.2, 0) is 6.54 Å². The molecule has 1 atom stereocenters. The predicted octanol–water partition coefficient (Wildman–Crippen LogP) is 3.46. The van der Waals surface area contributed by atoms with Gasteiger partial charge in [-0.15, -0.1) is 0 Å². The number of nitrogens with zero attached hydrogens (tertiary/aromatic N) is 2. The molecule has 0 radical (unpaired) electrons. The molecule has 0 saturated carbocycles. The summed E-state index contributed by atoms with van der Waals surface area (Å²) in [6.45, 7) is 2.85. The second kappa shape index (κ2) is 6.41. The minimum absolute atomic E-state index is 0.00800. The van der Waals surface area contributed by atoms with Gasteiger partial charge in [0, 0.05) is 16.7 Å². The number of hydrogen-bond donors (Lipinski definition) is 2. The number of aliphatic hydroxyl groups is 1. The fraction of sp³-hybridized carbons (Fsp3) is 0.308. The van der Waals surface area contributed by atoms with Gasteiger partial charge in [0.25, 0.3) is 0 Å². The van der Waals surface area contributed by atoms with Crippen molar-refractivity contribution in [3.8, 4) is 0 Å². The van der Waals surface area contributed by atoms with E-state index in [1.807, 2.05) is 23.6 Å². The lowest BCUT2D eigenvalue weighted by atomic mass is 10.2. The SMILES string of the molecule is CCn1cncc1C(CO)Nc1ccc(Cl)c(Br)c1. The van der Waals surface area contributed by atoms with Crippen LogP contribution in [0.3, 0.4) is 0 Å². The molecular weight excluding hydrogens is 330 g/mol. The molecule has 1 unspecified atom stereocenters. The highest BCUT2D eigenvalue weighted by Crippen LogP contribution is 2.27. The zero-order chi connectivity index (χ0) is 13.8. The molecular formula is C13H15BrClN3O. The first kappa shape index (κ1) is 14.4. The van der Waals surface area contributed by atoms with Crippen molar-refractivity contribution in [2.45, 2.75) is 19.5 Å². The number of benzene rings is 1. The summed E-state index contributed by atoms with van der Waals surface area (Å²) in [5, 5.41) is 13.5. The van der Waals surface area contributed by atoms with Crippen molar-refractivity contribution in [1.29, 1.82) is 0 Å². The molecule has 2 rings (SSSR count). The molecule has 0 aliphatic rings. The summed E-state index contributed by atoms with van der Waals surface area (Å²) in [6.07, 6.45) is 3.53. The van der Waals surface area contributed by atoms with Crippen LogP contribution in [0.2, 0.25) is 5.02 Å². The average molecular weight is 345 g/mol. The Balaban J connectivity index is 2.21. The summed E-state index contributed by atoms with van der Waals surface area (Å²) in [4.78, 5) is 4.12. The number of hydrogen-bond acceptors (Lipinski definition) is 3. The van der Waals surface area contributed by atoms with E-state index in [4.69, 9.17) is 11.6 Å². The van der Waals surface area contributed by atoms with Crippen LogP contribution in [0.1, 0.15) is 18.7 Å². The van der Waals surface area contributed by atoms with Gasteiger partial charge in [0.15, 0.2) is 0 Å².